The first-order valence-electron chi connectivity index (χ1n) is 12.5. The van der Waals surface area contributed by atoms with E-state index in [1.54, 1.807) is 6.07 Å². The third-order valence-electron chi connectivity index (χ3n) is 7.32. The number of aromatic carboxylic acids is 1. The summed E-state index contributed by atoms with van der Waals surface area (Å²) in [6.07, 6.45) is -1.35. The first-order valence-corrected chi connectivity index (χ1v) is 15.4. The zero-order chi connectivity index (χ0) is 31.4. The molecule has 8 bridgehead atoms. The van der Waals surface area contributed by atoms with Crippen molar-refractivity contribution in [3.63, 3.8) is 0 Å². The zero-order valence-electron chi connectivity index (χ0n) is 22.0. The van der Waals surface area contributed by atoms with Gasteiger partial charge in [0.2, 0.25) is 0 Å². The number of carbonyl (C=O) groups is 1. The minimum atomic E-state index is -4.87. The minimum absolute atomic E-state index is 0.0233. The van der Waals surface area contributed by atoms with Crippen LogP contribution in [0.25, 0.3) is 0 Å². The molecule has 7 N–H and O–H groups in total. The van der Waals surface area contributed by atoms with Crippen molar-refractivity contribution in [2.45, 2.75) is 35.5 Å². The predicted molar refractivity (Wildman–Crippen MR) is 150 cm³/mol. The van der Waals surface area contributed by atoms with Gasteiger partial charge in [0.15, 0.2) is 0 Å². The van der Waals surface area contributed by atoms with Crippen LogP contribution in [0.1, 0.15) is 54.9 Å². The van der Waals surface area contributed by atoms with Gasteiger partial charge in [-0.3, -0.25) is 9.11 Å². The van der Waals surface area contributed by atoms with Crippen LogP contribution in [0.4, 0.5) is 0 Å². The average molecular weight is 629 g/mol. The number of rotatable bonds is 3. The molecule has 0 aliphatic heterocycles. The Hall–Kier alpha value is -4.63. The van der Waals surface area contributed by atoms with Crippen molar-refractivity contribution in [1.29, 1.82) is 0 Å². The minimum Gasteiger partial charge on any atom is -0.507 e. The van der Waals surface area contributed by atoms with Crippen molar-refractivity contribution < 1.29 is 56.3 Å². The van der Waals surface area contributed by atoms with Gasteiger partial charge in [0.25, 0.3) is 20.2 Å². The average Bonchev–Trinajstić information content (AvgIpc) is 2.90. The van der Waals surface area contributed by atoms with Crippen molar-refractivity contribution in [1.82, 2.24) is 0 Å². The quantitative estimate of drug-likeness (QED) is 0.143. The zero-order valence-corrected chi connectivity index (χ0v) is 23.6. The highest BCUT2D eigenvalue weighted by Gasteiger charge is 2.24. The van der Waals surface area contributed by atoms with Gasteiger partial charge in [-0.1, -0.05) is 18.2 Å². The molecule has 0 saturated heterocycles. The number of hydrogen-bond donors (Lipinski definition) is 7. The van der Waals surface area contributed by atoms with Crippen LogP contribution >= 0.6 is 0 Å². The van der Waals surface area contributed by atoms with Crippen LogP contribution in [-0.4, -0.2) is 57.4 Å². The first-order chi connectivity index (χ1) is 20.0. The lowest BCUT2D eigenvalue weighted by atomic mass is 9.90. The lowest BCUT2D eigenvalue weighted by molar-refractivity contribution is 0.0696. The molecule has 12 nitrogen and oxygen atoms in total. The Kier molecular flexibility index (Phi) is 7.34. The second-order valence-corrected chi connectivity index (χ2v) is 13.1. The summed E-state index contributed by atoms with van der Waals surface area (Å²) >= 11 is 0. The monoisotopic (exact) mass is 628 g/mol. The van der Waals surface area contributed by atoms with Crippen LogP contribution in [-0.2, 0) is 45.9 Å². The van der Waals surface area contributed by atoms with E-state index in [1.807, 2.05) is 0 Å². The Balaban J connectivity index is 1.86. The number of hydrogen-bond acceptors (Lipinski definition) is 9. The van der Waals surface area contributed by atoms with Crippen molar-refractivity contribution in [2.75, 3.05) is 0 Å². The van der Waals surface area contributed by atoms with Crippen LogP contribution in [0.5, 0.6) is 23.0 Å². The molecule has 4 aromatic carbocycles. The fraction of sp³-hybridized carbons (Fsp3) is 0.138. The molecule has 224 valence electrons. The molecule has 0 amide bonds. The highest BCUT2D eigenvalue weighted by molar-refractivity contribution is 7.86. The third-order valence-corrected chi connectivity index (χ3v) is 8.98. The van der Waals surface area contributed by atoms with Gasteiger partial charge in [-0.15, -0.1) is 0 Å². The summed E-state index contributed by atoms with van der Waals surface area (Å²) in [7, 11) is -9.69. The normalized spacial score (nSPS) is 13.4. The highest BCUT2D eigenvalue weighted by atomic mass is 32.2. The Morgan fingerprint density at radius 1 is 0.512 bits per heavy atom. The summed E-state index contributed by atoms with van der Waals surface area (Å²) in [5, 5.41) is 54.3. The SMILES string of the molecule is O=C(O)c1cc2c(O)c(c1)Cc1cc(S(=O)(=O)O)cc(c1O)Cc1cc(S(=O)(=O)O)cc(c1O)Cc1cccc(c1O)C2. The van der Waals surface area contributed by atoms with Gasteiger partial charge in [-0.05, 0) is 58.7 Å². The Labute approximate surface area is 245 Å². The molecule has 1 aliphatic rings. The smallest absolute Gasteiger partial charge is 0.335 e. The van der Waals surface area contributed by atoms with Gasteiger partial charge < -0.3 is 25.5 Å². The Morgan fingerprint density at radius 3 is 1.09 bits per heavy atom. The number of phenols is 4. The topological polar surface area (TPSA) is 227 Å². The van der Waals surface area contributed by atoms with E-state index in [1.165, 1.54) is 18.2 Å². The van der Waals surface area contributed by atoms with E-state index in [2.05, 4.69) is 0 Å². The number of para-hydroxylation sites is 1. The molecule has 4 aromatic rings. The summed E-state index contributed by atoms with van der Waals surface area (Å²) in [6, 6.07) is 10.7. The van der Waals surface area contributed by atoms with Gasteiger partial charge in [0.05, 0.1) is 15.4 Å². The molecule has 0 atom stereocenters. The van der Waals surface area contributed by atoms with Crippen molar-refractivity contribution in [2.24, 2.45) is 0 Å². The number of carboxylic acid groups (broad SMARTS) is 1. The fourth-order valence-corrected chi connectivity index (χ4v) is 6.36. The molecule has 14 heteroatoms. The van der Waals surface area contributed by atoms with E-state index < -0.39 is 60.3 Å². The van der Waals surface area contributed by atoms with Gasteiger partial charge in [-0.25, -0.2) is 4.79 Å². The van der Waals surface area contributed by atoms with Crippen molar-refractivity contribution >= 4 is 26.2 Å². The lowest BCUT2D eigenvalue weighted by Gasteiger charge is -2.18. The first kappa shape index (κ1) is 29.8. The maximum Gasteiger partial charge on any atom is 0.335 e. The predicted octanol–water partition coefficient (Wildman–Crippen LogP) is 3.38. The van der Waals surface area contributed by atoms with Crippen LogP contribution in [0.15, 0.2) is 64.4 Å². The number of carboxylic acids is 1. The van der Waals surface area contributed by atoms with Gasteiger partial charge in [-0.2, -0.15) is 16.8 Å². The molecule has 0 fully saturated rings. The van der Waals surface area contributed by atoms with E-state index >= 15 is 0 Å². The van der Waals surface area contributed by atoms with Gasteiger partial charge >= 0.3 is 5.97 Å². The second-order valence-electron chi connectivity index (χ2n) is 10.2. The molecule has 0 aromatic heterocycles. The Morgan fingerprint density at radius 2 is 0.791 bits per heavy atom. The lowest BCUT2D eigenvalue weighted by Crippen LogP contribution is -2.07. The molecule has 5 rings (SSSR count). The summed E-state index contributed by atoms with van der Waals surface area (Å²) in [5.41, 5.74) is -0.260. The van der Waals surface area contributed by atoms with Crippen molar-refractivity contribution in [3.8, 4) is 23.0 Å². The molecule has 0 unspecified atom stereocenters. The van der Waals surface area contributed by atoms with Crippen LogP contribution < -0.4 is 0 Å². The largest absolute Gasteiger partial charge is 0.507 e. The molecule has 0 saturated carbocycles. The van der Waals surface area contributed by atoms with Crippen LogP contribution in [0, 0.1) is 0 Å². The summed E-state index contributed by atoms with van der Waals surface area (Å²) in [6.45, 7) is 0. The van der Waals surface area contributed by atoms with E-state index in [0.717, 1.165) is 30.3 Å². The number of phenolic OH excluding ortho intramolecular Hbond substituents is 4. The van der Waals surface area contributed by atoms with Gasteiger partial charge in [0.1, 0.15) is 23.0 Å². The summed E-state index contributed by atoms with van der Waals surface area (Å²) < 4.78 is 68.2. The standard InChI is InChI=1S/C29H24O12S2/c30-25-14-2-1-3-15(25)5-18-10-23(42(36,37)38)12-20(27(18)32)7-21-13-24(43(39,40)41)11-19(28(21)33)6-17-9-22(29(34)35)8-16(4-14)26(17)31/h1-3,8-13,30-33H,4-7H2,(H,34,35)(H,36,37,38)(H,39,40,41). The summed E-state index contributed by atoms with van der Waals surface area (Å²) in [4.78, 5) is 10.7. The molecular formula is C29H24O12S2. The van der Waals surface area contributed by atoms with E-state index in [0.29, 0.717) is 0 Å². The highest BCUT2D eigenvalue weighted by Crippen LogP contribution is 2.39. The third kappa shape index (κ3) is 5.85. The molecule has 0 spiro atoms. The van der Waals surface area contributed by atoms with E-state index in [4.69, 9.17) is 0 Å². The summed E-state index contributed by atoms with van der Waals surface area (Å²) in [5.74, 6) is -2.98. The second kappa shape index (κ2) is 10.6. The fourth-order valence-electron chi connectivity index (χ4n) is 5.20. The molecule has 0 radical (unpaired) electrons. The van der Waals surface area contributed by atoms with Gasteiger partial charge in [0, 0.05) is 47.9 Å². The van der Waals surface area contributed by atoms with E-state index in [-0.39, 0.29) is 74.4 Å². The van der Waals surface area contributed by atoms with Crippen molar-refractivity contribution in [3.05, 3.63) is 105 Å². The van der Waals surface area contributed by atoms with E-state index in [9.17, 15) is 56.3 Å². The number of aromatic hydroxyl groups is 4. The maximum absolute atomic E-state index is 12.1. The Bertz CT molecular complexity index is 2050. The molecule has 1 aliphatic carbocycles. The number of fused-ring (bicyclic) bond motifs is 8. The van der Waals surface area contributed by atoms with Crippen LogP contribution in [0.3, 0.4) is 0 Å². The maximum atomic E-state index is 12.1. The number of benzene rings is 4. The molecule has 0 heterocycles. The molecule has 43 heavy (non-hydrogen) atoms. The molecular weight excluding hydrogens is 604 g/mol. The van der Waals surface area contributed by atoms with Crippen LogP contribution in [0.2, 0.25) is 0 Å².